The summed E-state index contributed by atoms with van der Waals surface area (Å²) in [7, 11) is 0. The number of amides is 5. The fraction of sp³-hybridized carbons (Fsp3) is 0.900. The highest BCUT2D eigenvalue weighted by Gasteiger charge is 2.33. The van der Waals surface area contributed by atoms with Crippen LogP contribution in [0.15, 0.2) is 0 Å². The van der Waals surface area contributed by atoms with Gasteiger partial charge in [-0.3, -0.25) is 9.80 Å². The molecule has 15 heteroatoms. The van der Waals surface area contributed by atoms with Crippen LogP contribution in [0.4, 0.5) is 19.2 Å². The predicted molar refractivity (Wildman–Crippen MR) is 213 cm³/mol. The second-order valence-electron chi connectivity index (χ2n) is 15.1. The smallest absolute Gasteiger partial charge is 0.417 e. The molecule has 2 aliphatic rings. The van der Waals surface area contributed by atoms with Gasteiger partial charge in [-0.15, -0.1) is 0 Å². The number of nitrogens with one attached hydrogen (secondary N) is 3. The van der Waals surface area contributed by atoms with Gasteiger partial charge in [-0.2, -0.15) is 0 Å². The van der Waals surface area contributed by atoms with Crippen molar-refractivity contribution in [3.05, 3.63) is 0 Å². The minimum atomic E-state index is -0.628. The van der Waals surface area contributed by atoms with Crippen LogP contribution in [0.5, 0.6) is 0 Å². The summed E-state index contributed by atoms with van der Waals surface area (Å²) in [6.45, 7) is 18.1. The van der Waals surface area contributed by atoms with Crippen LogP contribution in [0.25, 0.3) is 0 Å². The molecule has 0 saturated carbocycles. The van der Waals surface area contributed by atoms with Gasteiger partial charge in [0, 0.05) is 77.7 Å². The fourth-order valence-electron chi connectivity index (χ4n) is 5.85. The van der Waals surface area contributed by atoms with Gasteiger partial charge in [-0.25, -0.2) is 24.1 Å². The Bertz CT molecular complexity index is 1060. The van der Waals surface area contributed by atoms with Crippen molar-refractivity contribution in [1.29, 1.82) is 0 Å². The first-order chi connectivity index (χ1) is 26.7. The molecule has 3 N–H and O–H groups in total. The van der Waals surface area contributed by atoms with Crippen LogP contribution in [0.2, 0.25) is 0 Å². The van der Waals surface area contributed by atoms with Crippen molar-refractivity contribution < 1.29 is 42.9 Å². The Balaban J connectivity index is 1.59. The third-order valence-electron chi connectivity index (χ3n) is 9.71. The number of imide groups is 1. The highest BCUT2D eigenvalue weighted by atomic mass is 16.6. The maximum Gasteiger partial charge on any atom is 0.417 e. The van der Waals surface area contributed by atoms with E-state index >= 15 is 0 Å². The van der Waals surface area contributed by atoms with Crippen LogP contribution in [-0.4, -0.2) is 149 Å². The molecule has 0 aromatic heterocycles. The van der Waals surface area contributed by atoms with E-state index in [1.807, 2.05) is 6.92 Å². The summed E-state index contributed by atoms with van der Waals surface area (Å²) in [4.78, 5) is 56.2. The zero-order valence-electron chi connectivity index (χ0n) is 34.9. The molecule has 0 bridgehead atoms. The molecule has 55 heavy (non-hydrogen) atoms. The van der Waals surface area contributed by atoms with E-state index in [2.05, 4.69) is 53.4 Å². The standard InChI is InChI=1S/C40H76N6O9/c1-6-9-24-51-31-35(29-44-27-33(44)4)54-38(48)42-21-17-13-12-16-20-41-37(47)46(40(50)53-26-11-8-3)23-19-15-14-18-22-43-39(49)55-36(30-45-28-34(45)5)32-52-25-10-7-2/h33-36H,6-32H2,1-5H3,(H,41,47)(H,42,48)(H,43,49). The van der Waals surface area contributed by atoms with E-state index in [-0.39, 0.29) is 25.4 Å². The van der Waals surface area contributed by atoms with E-state index in [0.717, 1.165) is 101 Å². The molecule has 2 heterocycles. The molecule has 320 valence electrons. The molecule has 2 saturated heterocycles. The van der Waals surface area contributed by atoms with Crippen LogP contribution in [-0.2, 0) is 23.7 Å². The van der Waals surface area contributed by atoms with Crippen molar-refractivity contribution in [2.24, 2.45) is 0 Å². The fourth-order valence-corrected chi connectivity index (χ4v) is 5.85. The summed E-state index contributed by atoms with van der Waals surface area (Å²) in [6, 6.07) is 0.597. The first-order valence-corrected chi connectivity index (χ1v) is 21.4. The van der Waals surface area contributed by atoms with E-state index in [4.69, 9.17) is 23.7 Å². The number of hydrogen-bond donors (Lipinski definition) is 3. The molecule has 0 aliphatic carbocycles. The second kappa shape index (κ2) is 30.3. The Hall–Kier alpha value is -2.88. The number of carbonyl (C=O) groups excluding carboxylic acids is 4. The lowest BCUT2D eigenvalue weighted by atomic mass is 10.2. The molecule has 6 atom stereocenters. The average Bonchev–Trinajstić information content (AvgIpc) is 4.06. The molecule has 6 unspecified atom stereocenters. The van der Waals surface area contributed by atoms with E-state index in [0.29, 0.717) is 77.7 Å². The zero-order valence-corrected chi connectivity index (χ0v) is 34.9. The number of carbonyl (C=O) groups is 4. The third kappa shape index (κ3) is 24.4. The number of ether oxygens (including phenoxy) is 5. The Morgan fingerprint density at radius 3 is 1.45 bits per heavy atom. The van der Waals surface area contributed by atoms with Gasteiger partial charge in [-0.05, 0) is 58.8 Å². The normalized spacial score (nSPS) is 19.5. The number of urea groups is 1. The van der Waals surface area contributed by atoms with Gasteiger partial charge >= 0.3 is 24.3 Å². The van der Waals surface area contributed by atoms with Crippen molar-refractivity contribution >= 4 is 24.3 Å². The largest absolute Gasteiger partial charge is 0.449 e. The van der Waals surface area contributed by atoms with Crippen molar-refractivity contribution in [2.45, 2.75) is 149 Å². The summed E-state index contributed by atoms with van der Waals surface area (Å²) in [5.41, 5.74) is 0. The summed E-state index contributed by atoms with van der Waals surface area (Å²) < 4.78 is 28.1. The van der Waals surface area contributed by atoms with Gasteiger partial charge in [0.05, 0.1) is 19.8 Å². The number of unbranched alkanes of at least 4 members (excludes halogenated alkanes) is 9. The topological polar surface area (TPSA) is 160 Å². The maximum atomic E-state index is 13.0. The van der Waals surface area contributed by atoms with Crippen molar-refractivity contribution in [2.75, 3.05) is 85.4 Å². The highest BCUT2D eigenvalue weighted by Crippen LogP contribution is 2.18. The summed E-state index contributed by atoms with van der Waals surface area (Å²) in [5, 5.41) is 8.56. The molecule has 2 rings (SSSR count). The third-order valence-corrected chi connectivity index (χ3v) is 9.71. The maximum absolute atomic E-state index is 13.0. The van der Waals surface area contributed by atoms with Crippen molar-refractivity contribution in [1.82, 2.24) is 30.7 Å². The van der Waals surface area contributed by atoms with E-state index in [1.54, 1.807) is 0 Å². The predicted octanol–water partition coefficient (Wildman–Crippen LogP) is 6.29. The minimum Gasteiger partial charge on any atom is -0.449 e. The number of hydrogen-bond acceptors (Lipinski definition) is 11. The zero-order chi connectivity index (χ0) is 40.1. The molecular formula is C40H76N6O9. The van der Waals surface area contributed by atoms with Crippen LogP contribution >= 0.6 is 0 Å². The first-order valence-electron chi connectivity index (χ1n) is 21.4. The van der Waals surface area contributed by atoms with E-state index in [9.17, 15) is 19.2 Å². The molecule has 15 nitrogen and oxygen atoms in total. The minimum absolute atomic E-state index is 0.255. The summed E-state index contributed by atoms with van der Waals surface area (Å²) >= 11 is 0. The average molecular weight is 785 g/mol. The van der Waals surface area contributed by atoms with Crippen LogP contribution in [0, 0.1) is 0 Å². The van der Waals surface area contributed by atoms with Crippen LogP contribution < -0.4 is 16.0 Å². The van der Waals surface area contributed by atoms with Gasteiger partial charge in [0.15, 0.2) is 0 Å². The van der Waals surface area contributed by atoms with Gasteiger partial charge in [0.25, 0.3) is 0 Å². The molecule has 2 fully saturated rings. The first kappa shape index (κ1) is 48.3. The van der Waals surface area contributed by atoms with Crippen molar-refractivity contribution in [3.63, 3.8) is 0 Å². The lowest BCUT2D eigenvalue weighted by molar-refractivity contribution is 0.0124. The quantitative estimate of drug-likeness (QED) is 0.0390. The SMILES string of the molecule is CCCCOCC(CN1CC1C)OC(=O)NCCCCCCNC(=O)N(CCCCCCNC(=O)OC(COCCCC)CN1CC1C)C(=O)OCCCC. The molecule has 0 aromatic rings. The summed E-state index contributed by atoms with van der Waals surface area (Å²) in [5.74, 6) is 0. The van der Waals surface area contributed by atoms with E-state index in [1.165, 1.54) is 0 Å². The number of alkyl carbamates (subject to hydrolysis) is 2. The Morgan fingerprint density at radius 2 is 1.02 bits per heavy atom. The number of nitrogens with zero attached hydrogens (tertiary/aromatic N) is 3. The molecular weight excluding hydrogens is 708 g/mol. The number of rotatable bonds is 33. The molecule has 5 amide bonds. The molecule has 0 aromatic carbocycles. The molecule has 2 aliphatic heterocycles. The highest BCUT2D eigenvalue weighted by molar-refractivity contribution is 5.90. The van der Waals surface area contributed by atoms with Crippen molar-refractivity contribution in [3.8, 4) is 0 Å². The van der Waals surface area contributed by atoms with Gasteiger partial charge < -0.3 is 39.6 Å². The monoisotopic (exact) mass is 785 g/mol. The van der Waals surface area contributed by atoms with Gasteiger partial charge in [0.1, 0.15) is 12.2 Å². The lowest BCUT2D eigenvalue weighted by Crippen LogP contribution is -2.45. The van der Waals surface area contributed by atoms with Crippen LogP contribution in [0.3, 0.4) is 0 Å². The van der Waals surface area contributed by atoms with Gasteiger partial charge in [-0.1, -0.05) is 65.7 Å². The van der Waals surface area contributed by atoms with Crippen LogP contribution in [0.1, 0.15) is 125 Å². The Kier molecular flexibility index (Phi) is 26.6. The second-order valence-corrected chi connectivity index (χ2v) is 15.1. The lowest BCUT2D eigenvalue weighted by Gasteiger charge is -2.21. The molecule has 0 spiro atoms. The Labute approximate surface area is 331 Å². The van der Waals surface area contributed by atoms with Gasteiger partial charge in [0.2, 0.25) is 0 Å². The Morgan fingerprint density at radius 1 is 0.600 bits per heavy atom. The summed E-state index contributed by atoms with van der Waals surface area (Å²) in [6.07, 6.45) is 9.95. The molecule has 0 radical (unpaired) electrons. The van der Waals surface area contributed by atoms with E-state index < -0.39 is 24.3 Å².